The van der Waals surface area contributed by atoms with Gasteiger partial charge < -0.3 is 9.84 Å². The van der Waals surface area contributed by atoms with Crippen molar-refractivity contribution < 1.29 is 28.0 Å². The average molecular weight is 512 g/mol. The molecule has 1 saturated carbocycles. The predicted molar refractivity (Wildman–Crippen MR) is 137 cm³/mol. The molecule has 1 aliphatic rings. The van der Waals surface area contributed by atoms with Gasteiger partial charge in [0.1, 0.15) is 32.1 Å². The van der Waals surface area contributed by atoms with Crippen LogP contribution in [0.4, 0.5) is 8.78 Å². The SMILES string of the molecule is Cc1n(CCOC(=O)[C@](O)(c2ccccc2)[C@@H]2CCC(F)(F)C2)cc[n+]1Cc1ccc(C(C)(C)C)cc1. The highest BCUT2D eigenvalue weighted by Crippen LogP contribution is 2.47. The van der Waals surface area contributed by atoms with Gasteiger partial charge in [0.25, 0.3) is 5.82 Å². The molecule has 1 fully saturated rings. The highest BCUT2D eigenvalue weighted by atomic mass is 19.3. The van der Waals surface area contributed by atoms with Gasteiger partial charge in [-0.05, 0) is 28.5 Å². The number of ether oxygens (including phenoxy) is 1. The minimum Gasteiger partial charge on any atom is -0.459 e. The summed E-state index contributed by atoms with van der Waals surface area (Å²) in [6, 6.07) is 16.9. The first kappa shape index (κ1) is 27.0. The summed E-state index contributed by atoms with van der Waals surface area (Å²) in [6.07, 6.45) is 3.08. The molecule has 4 rings (SSSR count). The van der Waals surface area contributed by atoms with Crippen LogP contribution in [-0.2, 0) is 33.6 Å². The largest absolute Gasteiger partial charge is 0.459 e. The first-order valence-corrected chi connectivity index (χ1v) is 12.9. The van der Waals surface area contributed by atoms with Crippen LogP contribution in [0.3, 0.4) is 0 Å². The maximum Gasteiger partial charge on any atom is 0.343 e. The molecule has 2 atom stereocenters. The van der Waals surface area contributed by atoms with E-state index in [1.54, 1.807) is 30.3 Å². The summed E-state index contributed by atoms with van der Waals surface area (Å²) in [7, 11) is 0. The van der Waals surface area contributed by atoms with Crippen molar-refractivity contribution in [3.63, 3.8) is 0 Å². The Morgan fingerprint density at radius 3 is 2.38 bits per heavy atom. The number of halogens is 2. The molecule has 0 saturated heterocycles. The highest BCUT2D eigenvalue weighted by Gasteiger charge is 2.54. The maximum absolute atomic E-state index is 14.0. The summed E-state index contributed by atoms with van der Waals surface area (Å²) in [6.45, 7) is 9.69. The van der Waals surface area contributed by atoms with Crippen LogP contribution in [0.25, 0.3) is 0 Å². The molecule has 0 radical (unpaired) electrons. The van der Waals surface area contributed by atoms with Crippen molar-refractivity contribution in [3.8, 4) is 0 Å². The molecular formula is C30H37F2N2O3+. The van der Waals surface area contributed by atoms with Crippen LogP contribution < -0.4 is 4.57 Å². The molecule has 1 heterocycles. The smallest absolute Gasteiger partial charge is 0.343 e. The number of esters is 1. The Bertz CT molecular complexity index is 1220. The van der Waals surface area contributed by atoms with Crippen molar-refractivity contribution in [1.82, 2.24) is 4.57 Å². The molecule has 3 aromatic rings. The van der Waals surface area contributed by atoms with Crippen molar-refractivity contribution in [2.45, 2.75) is 77.0 Å². The van der Waals surface area contributed by atoms with E-state index in [9.17, 15) is 18.7 Å². The minimum atomic E-state index is -2.89. The number of carbonyl (C=O) groups excluding carboxylic acids is 1. The fourth-order valence-electron chi connectivity index (χ4n) is 5.12. The van der Waals surface area contributed by atoms with Crippen molar-refractivity contribution >= 4 is 5.97 Å². The van der Waals surface area contributed by atoms with Crippen molar-refractivity contribution in [2.24, 2.45) is 5.92 Å². The minimum absolute atomic E-state index is 0.0207. The molecule has 5 nitrogen and oxygen atoms in total. The molecule has 0 unspecified atom stereocenters. The van der Waals surface area contributed by atoms with Gasteiger partial charge in [-0.2, -0.15) is 0 Å². The second-order valence-electron chi connectivity index (χ2n) is 11.2. The molecule has 0 spiro atoms. The number of nitrogens with zero attached hydrogens (tertiary/aromatic N) is 2. The molecule has 2 aromatic carbocycles. The Morgan fingerprint density at radius 1 is 1.11 bits per heavy atom. The van der Waals surface area contributed by atoms with Gasteiger partial charge in [0.2, 0.25) is 5.92 Å². The lowest BCUT2D eigenvalue weighted by atomic mass is 9.80. The zero-order valence-electron chi connectivity index (χ0n) is 22.1. The molecular weight excluding hydrogens is 474 g/mol. The van der Waals surface area contributed by atoms with Crippen molar-refractivity contribution in [3.05, 3.63) is 89.5 Å². The number of benzene rings is 2. The van der Waals surface area contributed by atoms with Crippen LogP contribution in [0.1, 0.15) is 62.5 Å². The van der Waals surface area contributed by atoms with Crippen LogP contribution in [0.15, 0.2) is 67.0 Å². The molecule has 0 bridgehead atoms. The van der Waals surface area contributed by atoms with Crippen molar-refractivity contribution in [2.75, 3.05) is 6.61 Å². The Balaban J connectivity index is 1.41. The fourth-order valence-corrected chi connectivity index (χ4v) is 5.12. The number of hydrogen-bond acceptors (Lipinski definition) is 3. The summed E-state index contributed by atoms with van der Waals surface area (Å²) in [4.78, 5) is 13.2. The third-order valence-electron chi connectivity index (χ3n) is 7.52. The molecule has 1 aromatic heterocycles. The topological polar surface area (TPSA) is 55.3 Å². The highest BCUT2D eigenvalue weighted by molar-refractivity contribution is 5.81. The Hall–Kier alpha value is -3.06. The van der Waals surface area contributed by atoms with E-state index >= 15 is 0 Å². The van der Waals surface area contributed by atoms with E-state index in [1.807, 2.05) is 23.9 Å². The number of carbonyl (C=O) groups is 1. The molecule has 1 aliphatic carbocycles. The van der Waals surface area contributed by atoms with E-state index in [4.69, 9.17) is 4.74 Å². The number of rotatable bonds is 8. The fraction of sp³-hybridized carbons (Fsp3) is 0.467. The van der Waals surface area contributed by atoms with E-state index in [0.29, 0.717) is 13.1 Å². The number of aliphatic hydroxyl groups is 1. The van der Waals surface area contributed by atoms with E-state index in [0.717, 1.165) is 5.82 Å². The zero-order chi connectivity index (χ0) is 26.8. The quantitative estimate of drug-likeness (QED) is 0.330. The van der Waals surface area contributed by atoms with Gasteiger partial charge in [-0.25, -0.2) is 22.7 Å². The van der Waals surface area contributed by atoms with E-state index in [1.165, 1.54) is 11.1 Å². The lowest BCUT2D eigenvalue weighted by molar-refractivity contribution is -0.694. The van der Waals surface area contributed by atoms with Gasteiger partial charge in [-0.15, -0.1) is 0 Å². The third kappa shape index (κ3) is 5.93. The van der Waals surface area contributed by atoms with Gasteiger partial charge in [-0.1, -0.05) is 75.4 Å². The number of aromatic nitrogens is 2. The summed E-state index contributed by atoms with van der Waals surface area (Å²) in [5.74, 6) is -3.68. The van der Waals surface area contributed by atoms with Gasteiger partial charge in [0.15, 0.2) is 5.60 Å². The van der Waals surface area contributed by atoms with Gasteiger partial charge in [0.05, 0.1) is 0 Å². The lowest BCUT2D eigenvalue weighted by Gasteiger charge is -2.32. The Morgan fingerprint density at radius 2 is 1.78 bits per heavy atom. The average Bonchev–Trinajstić information content (AvgIpc) is 3.40. The summed E-state index contributed by atoms with van der Waals surface area (Å²) in [5.41, 5.74) is 0.760. The first-order valence-electron chi connectivity index (χ1n) is 12.9. The summed E-state index contributed by atoms with van der Waals surface area (Å²) in [5, 5.41) is 11.5. The van der Waals surface area contributed by atoms with E-state index in [2.05, 4.69) is 49.6 Å². The van der Waals surface area contributed by atoms with E-state index in [-0.39, 0.29) is 30.4 Å². The van der Waals surface area contributed by atoms with Crippen LogP contribution in [-0.4, -0.2) is 28.2 Å². The second-order valence-corrected chi connectivity index (χ2v) is 11.2. The Labute approximate surface area is 217 Å². The number of hydrogen-bond donors (Lipinski definition) is 1. The van der Waals surface area contributed by atoms with Gasteiger partial charge >= 0.3 is 5.97 Å². The second kappa shape index (κ2) is 10.4. The summed E-state index contributed by atoms with van der Waals surface area (Å²) < 4.78 is 37.6. The van der Waals surface area contributed by atoms with Crippen LogP contribution in [0.2, 0.25) is 0 Å². The summed E-state index contributed by atoms with van der Waals surface area (Å²) >= 11 is 0. The standard InChI is InChI=1S/C30H37F2N2O3/c1-22-33(16-17-34(22)21-23-10-12-24(13-11-23)28(2,3)4)18-19-37-27(35)30(36,25-8-6-5-7-9-25)26-14-15-29(31,32)20-26/h5-13,16-17,26,36H,14-15,18-21H2,1-4H3/q+1/t26-,30+/m1/s1. The third-order valence-corrected chi connectivity index (χ3v) is 7.52. The Kier molecular flexibility index (Phi) is 7.56. The van der Waals surface area contributed by atoms with Crippen LogP contribution in [0, 0.1) is 12.8 Å². The predicted octanol–water partition coefficient (Wildman–Crippen LogP) is 5.30. The molecule has 37 heavy (non-hydrogen) atoms. The van der Waals surface area contributed by atoms with Gasteiger partial charge in [0, 0.05) is 25.7 Å². The zero-order valence-corrected chi connectivity index (χ0v) is 22.1. The lowest BCUT2D eigenvalue weighted by Crippen LogP contribution is -2.44. The normalized spacial score (nSPS) is 18.9. The maximum atomic E-state index is 14.0. The number of alkyl halides is 2. The molecule has 198 valence electrons. The van der Waals surface area contributed by atoms with E-state index < -0.39 is 29.8 Å². The monoisotopic (exact) mass is 511 g/mol. The number of imidazole rings is 1. The van der Waals surface area contributed by atoms with Gasteiger partial charge in [-0.3, -0.25) is 0 Å². The molecule has 0 amide bonds. The molecule has 0 aliphatic heterocycles. The van der Waals surface area contributed by atoms with Crippen molar-refractivity contribution in [1.29, 1.82) is 0 Å². The molecule has 7 heteroatoms. The van der Waals surface area contributed by atoms with Crippen LogP contribution in [0.5, 0.6) is 0 Å². The molecule has 1 N–H and O–H groups in total. The van der Waals surface area contributed by atoms with Crippen LogP contribution >= 0.6 is 0 Å². The first-order chi connectivity index (χ1) is 17.4.